The number of nitrogens with two attached hydrogens (primary N) is 1. The fourth-order valence-corrected chi connectivity index (χ4v) is 1.83. The van der Waals surface area contributed by atoms with Crippen molar-refractivity contribution in [2.24, 2.45) is 11.1 Å². The highest BCUT2D eigenvalue weighted by Crippen LogP contribution is 2.35. The van der Waals surface area contributed by atoms with E-state index in [0.29, 0.717) is 18.8 Å². The van der Waals surface area contributed by atoms with Gasteiger partial charge in [-0.3, -0.25) is 0 Å². The maximum Gasteiger partial charge on any atom is 0.410 e. The van der Waals surface area contributed by atoms with Crippen molar-refractivity contribution in [1.82, 2.24) is 4.90 Å². The third kappa shape index (κ3) is 3.65. The lowest BCUT2D eigenvalue weighted by molar-refractivity contribution is 0.0147. The van der Waals surface area contributed by atoms with Crippen molar-refractivity contribution >= 4 is 6.09 Å². The zero-order chi connectivity index (χ0) is 13.3. The summed E-state index contributed by atoms with van der Waals surface area (Å²) in [7, 11) is 0. The van der Waals surface area contributed by atoms with Gasteiger partial charge in [-0.15, -0.1) is 0 Å². The van der Waals surface area contributed by atoms with Crippen molar-refractivity contribution in [3.63, 3.8) is 0 Å². The van der Waals surface area contributed by atoms with Gasteiger partial charge in [0.1, 0.15) is 5.60 Å². The van der Waals surface area contributed by atoms with E-state index in [0.717, 1.165) is 12.8 Å². The minimum absolute atomic E-state index is 0.0431. The van der Waals surface area contributed by atoms with Crippen molar-refractivity contribution in [3.05, 3.63) is 12.3 Å². The number of amides is 1. The van der Waals surface area contributed by atoms with Crippen molar-refractivity contribution in [3.8, 4) is 0 Å². The molecule has 0 aromatic heterocycles. The molecule has 0 spiro atoms. The summed E-state index contributed by atoms with van der Waals surface area (Å²) < 4.78 is 5.34. The zero-order valence-corrected chi connectivity index (χ0v) is 11.4. The van der Waals surface area contributed by atoms with Gasteiger partial charge in [0.15, 0.2) is 0 Å². The van der Waals surface area contributed by atoms with Crippen molar-refractivity contribution < 1.29 is 9.53 Å². The summed E-state index contributed by atoms with van der Waals surface area (Å²) in [6, 6.07) is 0. The quantitative estimate of drug-likeness (QED) is 0.766. The number of rotatable bonds is 1. The lowest BCUT2D eigenvalue weighted by Crippen LogP contribution is -2.45. The SMILES string of the molecule is C=C(N)C1(C)CCN(C(=O)OC(C)(C)C)CC1. The molecule has 2 N–H and O–H groups in total. The molecule has 0 aromatic rings. The zero-order valence-electron chi connectivity index (χ0n) is 11.4. The number of carbonyl (C=O) groups excluding carboxylic acids is 1. The summed E-state index contributed by atoms with van der Waals surface area (Å²) >= 11 is 0. The number of piperidine rings is 1. The van der Waals surface area contributed by atoms with Gasteiger partial charge in [0, 0.05) is 24.2 Å². The molecule has 1 rings (SSSR count). The normalized spacial score (nSPS) is 19.9. The molecule has 0 unspecified atom stereocenters. The Morgan fingerprint density at radius 1 is 1.35 bits per heavy atom. The predicted octanol–water partition coefficient (Wildman–Crippen LogP) is 2.50. The third-order valence-electron chi connectivity index (χ3n) is 3.29. The molecule has 0 saturated carbocycles. The average molecular weight is 240 g/mol. The van der Waals surface area contributed by atoms with Crippen LogP contribution < -0.4 is 5.73 Å². The third-order valence-corrected chi connectivity index (χ3v) is 3.29. The van der Waals surface area contributed by atoms with E-state index in [4.69, 9.17) is 10.5 Å². The minimum atomic E-state index is -0.435. The van der Waals surface area contributed by atoms with E-state index in [2.05, 4.69) is 13.5 Å². The number of hydrogen-bond donors (Lipinski definition) is 1. The highest BCUT2D eigenvalue weighted by molar-refractivity contribution is 5.68. The average Bonchev–Trinajstić information content (AvgIpc) is 2.15. The van der Waals surface area contributed by atoms with Gasteiger partial charge in [-0.25, -0.2) is 4.79 Å². The van der Waals surface area contributed by atoms with Crippen molar-refractivity contribution in [1.29, 1.82) is 0 Å². The number of likely N-dealkylation sites (tertiary alicyclic amines) is 1. The lowest BCUT2D eigenvalue weighted by atomic mass is 9.78. The van der Waals surface area contributed by atoms with E-state index in [1.165, 1.54) is 0 Å². The van der Waals surface area contributed by atoms with Crippen molar-refractivity contribution in [2.45, 2.75) is 46.1 Å². The van der Waals surface area contributed by atoms with Gasteiger partial charge < -0.3 is 15.4 Å². The van der Waals surface area contributed by atoms with E-state index in [-0.39, 0.29) is 11.5 Å². The number of nitrogens with zero attached hydrogens (tertiary/aromatic N) is 1. The van der Waals surface area contributed by atoms with E-state index in [1.54, 1.807) is 4.90 Å². The highest BCUT2D eigenvalue weighted by Gasteiger charge is 2.34. The molecule has 0 bridgehead atoms. The van der Waals surface area contributed by atoms with Crippen LogP contribution in [0.1, 0.15) is 40.5 Å². The second-order valence-corrected chi connectivity index (χ2v) is 6.05. The minimum Gasteiger partial charge on any atom is -0.444 e. The molecule has 1 fully saturated rings. The molecule has 0 atom stereocenters. The number of carbonyl (C=O) groups is 1. The standard InChI is InChI=1S/C13H24N2O2/c1-10(14)13(5)6-8-15(9-7-13)11(16)17-12(2,3)4/h1,6-9,14H2,2-5H3. The number of ether oxygens (including phenoxy) is 1. The number of hydrogen-bond acceptors (Lipinski definition) is 3. The Morgan fingerprint density at radius 3 is 2.18 bits per heavy atom. The maximum absolute atomic E-state index is 11.8. The summed E-state index contributed by atoms with van der Waals surface area (Å²) in [5.41, 5.74) is 6.03. The van der Waals surface area contributed by atoms with Crippen LogP contribution in [0.4, 0.5) is 4.79 Å². The first-order valence-corrected chi connectivity index (χ1v) is 6.07. The molecule has 1 amide bonds. The Bertz CT molecular complexity index is 310. The van der Waals surface area contributed by atoms with Crippen LogP contribution in [0.2, 0.25) is 0 Å². The lowest BCUT2D eigenvalue weighted by Gasteiger charge is -2.39. The molecule has 4 nitrogen and oxygen atoms in total. The maximum atomic E-state index is 11.8. The second-order valence-electron chi connectivity index (χ2n) is 6.05. The summed E-state index contributed by atoms with van der Waals surface area (Å²) in [5, 5.41) is 0. The molecule has 0 aliphatic carbocycles. The molecule has 1 saturated heterocycles. The first kappa shape index (κ1) is 13.9. The molecule has 0 radical (unpaired) electrons. The topological polar surface area (TPSA) is 55.6 Å². The molecule has 1 aliphatic heterocycles. The summed E-state index contributed by atoms with van der Waals surface area (Å²) in [6.07, 6.45) is 1.46. The van der Waals surface area contributed by atoms with Crippen LogP contribution in [-0.2, 0) is 4.74 Å². The van der Waals surface area contributed by atoms with Gasteiger partial charge in [-0.1, -0.05) is 13.5 Å². The highest BCUT2D eigenvalue weighted by atomic mass is 16.6. The smallest absolute Gasteiger partial charge is 0.410 e. The van der Waals surface area contributed by atoms with Crippen LogP contribution in [0.15, 0.2) is 12.3 Å². The van der Waals surface area contributed by atoms with Gasteiger partial charge >= 0.3 is 6.09 Å². The van der Waals surface area contributed by atoms with Crippen LogP contribution in [-0.4, -0.2) is 29.7 Å². The van der Waals surface area contributed by atoms with Gasteiger partial charge in [0.05, 0.1) is 0 Å². The van der Waals surface area contributed by atoms with E-state index in [9.17, 15) is 4.79 Å². The van der Waals surface area contributed by atoms with E-state index >= 15 is 0 Å². The summed E-state index contributed by atoms with van der Waals surface area (Å²) in [5.74, 6) is 0. The monoisotopic (exact) mass is 240 g/mol. The van der Waals surface area contributed by atoms with Crippen LogP contribution in [0.5, 0.6) is 0 Å². The Kier molecular flexibility index (Phi) is 3.74. The molecular formula is C13H24N2O2. The molecule has 4 heteroatoms. The predicted molar refractivity (Wildman–Crippen MR) is 68.5 cm³/mol. The molecule has 0 aromatic carbocycles. The largest absolute Gasteiger partial charge is 0.444 e. The Morgan fingerprint density at radius 2 is 1.82 bits per heavy atom. The Balaban J connectivity index is 2.53. The Hall–Kier alpha value is -1.19. The van der Waals surface area contributed by atoms with Crippen molar-refractivity contribution in [2.75, 3.05) is 13.1 Å². The molecule has 1 heterocycles. The van der Waals surface area contributed by atoms with Gasteiger partial charge in [0.2, 0.25) is 0 Å². The second kappa shape index (κ2) is 4.59. The van der Waals surface area contributed by atoms with Gasteiger partial charge in [-0.05, 0) is 33.6 Å². The molecule has 98 valence electrons. The van der Waals surface area contributed by atoms with E-state index in [1.807, 2.05) is 20.8 Å². The molecular weight excluding hydrogens is 216 g/mol. The Labute approximate surface area is 104 Å². The first-order valence-electron chi connectivity index (χ1n) is 6.07. The van der Waals surface area contributed by atoms with Crippen LogP contribution in [0, 0.1) is 5.41 Å². The summed E-state index contributed by atoms with van der Waals surface area (Å²) in [4.78, 5) is 13.6. The summed E-state index contributed by atoms with van der Waals surface area (Å²) in [6.45, 7) is 12.9. The van der Waals surface area contributed by atoms with Crippen LogP contribution in [0.25, 0.3) is 0 Å². The molecule has 1 aliphatic rings. The first-order chi connectivity index (χ1) is 7.64. The van der Waals surface area contributed by atoms with E-state index < -0.39 is 5.60 Å². The van der Waals surface area contributed by atoms with Gasteiger partial charge in [0.25, 0.3) is 0 Å². The molecule has 17 heavy (non-hydrogen) atoms. The van der Waals surface area contributed by atoms with Crippen LogP contribution in [0.3, 0.4) is 0 Å². The fraction of sp³-hybridized carbons (Fsp3) is 0.769. The van der Waals surface area contributed by atoms with Gasteiger partial charge in [-0.2, -0.15) is 0 Å². The fourth-order valence-electron chi connectivity index (χ4n) is 1.83. The van der Waals surface area contributed by atoms with Crippen LogP contribution >= 0.6 is 0 Å². The number of allylic oxidation sites excluding steroid dienone is 1.